The summed E-state index contributed by atoms with van der Waals surface area (Å²) in [7, 11) is 0. The maximum Gasteiger partial charge on any atom is 0.180 e. The Balaban J connectivity index is 1.31. The van der Waals surface area contributed by atoms with Gasteiger partial charge in [-0.05, 0) is 29.9 Å². The fourth-order valence-electron chi connectivity index (χ4n) is 3.05. The van der Waals surface area contributed by atoms with E-state index in [2.05, 4.69) is 57.4 Å². The van der Waals surface area contributed by atoms with Crippen molar-refractivity contribution in [2.45, 2.75) is 13.2 Å². The molecule has 130 valence electrons. The van der Waals surface area contributed by atoms with Gasteiger partial charge in [-0.3, -0.25) is 9.80 Å². The second-order valence-corrected chi connectivity index (χ2v) is 8.82. The number of benzene rings is 1. The van der Waals surface area contributed by atoms with Gasteiger partial charge in [0.15, 0.2) is 3.95 Å². The maximum atomic E-state index is 5.29. The van der Waals surface area contributed by atoms with Gasteiger partial charge < -0.3 is 0 Å². The summed E-state index contributed by atoms with van der Waals surface area (Å²) in [6.07, 6.45) is 0. The number of hydrogen-bond donors (Lipinski definition) is 0. The lowest BCUT2D eigenvalue weighted by atomic mass is 10.2. The largest absolute Gasteiger partial charge is 0.296 e. The molecule has 25 heavy (non-hydrogen) atoms. The maximum absolute atomic E-state index is 5.29. The van der Waals surface area contributed by atoms with E-state index in [0.717, 1.165) is 43.3 Å². The Morgan fingerprint density at radius 3 is 2.44 bits per heavy atom. The van der Waals surface area contributed by atoms with Crippen LogP contribution in [0.2, 0.25) is 0 Å². The van der Waals surface area contributed by atoms with E-state index >= 15 is 0 Å². The van der Waals surface area contributed by atoms with Crippen molar-refractivity contribution in [1.82, 2.24) is 19.6 Å². The minimum Gasteiger partial charge on any atom is -0.296 e. The molecule has 0 unspecified atom stereocenters. The molecule has 7 heteroatoms. The van der Waals surface area contributed by atoms with Crippen LogP contribution in [-0.4, -0.2) is 45.8 Å². The van der Waals surface area contributed by atoms with E-state index in [1.165, 1.54) is 26.7 Å². The smallest absolute Gasteiger partial charge is 0.180 e. The molecule has 1 aromatic carbocycles. The van der Waals surface area contributed by atoms with Gasteiger partial charge in [0.1, 0.15) is 5.51 Å². The first kappa shape index (κ1) is 17.1. The van der Waals surface area contributed by atoms with Crippen LogP contribution in [0.3, 0.4) is 0 Å². The molecule has 0 saturated carbocycles. The van der Waals surface area contributed by atoms with E-state index in [4.69, 9.17) is 12.2 Å². The van der Waals surface area contributed by atoms with Crippen LogP contribution >= 0.6 is 34.9 Å². The van der Waals surface area contributed by atoms with E-state index in [1.807, 2.05) is 21.5 Å². The standard InChI is InChI=1S/C18H20N4S3/c23-18-22(19-13-24-18)14-21-10-8-20(9-11-21)12-16-6-7-17(25-16)15-4-2-1-3-5-15/h1-7,13H,8-12,14H2. The van der Waals surface area contributed by atoms with Crippen molar-refractivity contribution < 1.29 is 0 Å². The quantitative estimate of drug-likeness (QED) is 0.612. The molecule has 2 aromatic heterocycles. The lowest BCUT2D eigenvalue weighted by Crippen LogP contribution is -2.46. The monoisotopic (exact) mass is 388 g/mol. The van der Waals surface area contributed by atoms with Gasteiger partial charge in [-0.25, -0.2) is 4.68 Å². The normalized spacial score (nSPS) is 16.3. The predicted molar refractivity (Wildman–Crippen MR) is 108 cm³/mol. The van der Waals surface area contributed by atoms with Crippen molar-refractivity contribution in [3.8, 4) is 10.4 Å². The van der Waals surface area contributed by atoms with Gasteiger partial charge in [-0.15, -0.1) is 11.3 Å². The number of nitrogens with zero attached hydrogens (tertiary/aromatic N) is 4. The van der Waals surface area contributed by atoms with E-state index in [9.17, 15) is 0 Å². The van der Waals surface area contributed by atoms with Gasteiger partial charge in [0.05, 0.1) is 6.67 Å². The minimum atomic E-state index is 0.813. The van der Waals surface area contributed by atoms with Gasteiger partial charge in [-0.1, -0.05) is 41.7 Å². The lowest BCUT2D eigenvalue weighted by Gasteiger charge is -2.34. The fourth-order valence-corrected chi connectivity index (χ4v) is 4.81. The second kappa shape index (κ2) is 7.88. The van der Waals surface area contributed by atoms with Crippen LogP contribution in [0.25, 0.3) is 10.4 Å². The third-order valence-electron chi connectivity index (χ3n) is 4.45. The molecule has 0 N–H and O–H groups in total. The highest BCUT2D eigenvalue weighted by Gasteiger charge is 2.18. The van der Waals surface area contributed by atoms with Crippen LogP contribution in [0.5, 0.6) is 0 Å². The number of aromatic nitrogens is 2. The Bertz CT molecular complexity index is 860. The highest BCUT2D eigenvalue weighted by atomic mass is 32.1. The topological polar surface area (TPSA) is 24.3 Å². The van der Waals surface area contributed by atoms with Crippen LogP contribution in [0.15, 0.2) is 48.0 Å². The average molecular weight is 389 g/mol. The summed E-state index contributed by atoms with van der Waals surface area (Å²) in [6.45, 7) is 6.17. The molecule has 3 aromatic rings. The minimum absolute atomic E-state index is 0.813. The molecule has 1 saturated heterocycles. The third-order valence-corrected chi connectivity index (χ3v) is 6.68. The summed E-state index contributed by atoms with van der Waals surface area (Å²) in [6, 6.07) is 15.1. The molecule has 4 nitrogen and oxygen atoms in total. The molecule has 4 rings (SSSR count). The van der Waals surface area contributed by atoms with E-state index in [1.54, 1.807) is 0 Å². The highest BCUT2D eigenvalue weighted by molar-refractivity contribution is 7.73. The molecule has 1 aliphatic heterocycles. The van der Waals surface area contributed by atoms with Crippen molar-refractivity contribution in [2.24, 2.45) is 0 Å². The van der Waals surface area contributed by atoms with E-state index in [-0.39, 0.29) is 0 Å². The molecular formula is C18H20N4S3. The Hall–Kier alpha value is -1.38. The first-order valence-corrected chi connectivity index (χ1v) is 10.5. The van der Waals surface area contributed by atoms with Crippen LogP contribution in [0.4, 0.5) is 0 Å². The van der Waals surface area contributed by atoms with Crippen molar-refractivity contribution in [1.29, 1.82) is 0 Å². The molecule has 0 spiro atoms. The fraction of sp³-hybridized carbons (Fsp3) is 0.333. The van der Waals surface area contributed by atoms with E-state index < -0.39 is 0 Å². The summed E-state index contributed by atoms with van der Waals surface area (Å²) in [5.41, 5.74) is 3.13. The summed E-state index contributed by atoms with van der Waals surface area (Å²) < 4.78 is 2.77. The third kappa shape index (κ3) is 4.24. The summed E-state index contributed by atoms with van der Waals surface area (Å²) in [5.74, 6) is 0. The first-order valence-electron chi connectivity index (χ1n) is 8.37. The van der Waals surface area contributed by atoms with Gasteiger partial charge in [0.25, 0.3) is 0 Å². The molecule has 0 radical (unpaired) electrons. The summed E-state index contributed by atoms with van der Waals surface area (Å²) >= 11 is 8.72. The number of rotatable bonds is 5. The zero-order chi connectivity index (χ0) is 17.1. The zero-order valence-electron chi connectivity index (χ0n) is 13.9. The van der Waals surface area contributed by atoms with E-state index in [0.29, 0.717) is 0 Å². The van der Waals surface area contributed by atoms with Crippen LogP contribution in [0, 0.1) is 3.95 Å². The van der Waals surface area contributed by atoms with Crippen LogP contribution < -0.4 is 0 Å². The highest BCUT2D eigenvalue weighted by Crippen LogP contribution is 2.28. The predicted octanol–water partition coefficient (Wildman–Crippen LogP) is 4.18. The van der Waals surface area contributed by atoms with Crippen molar-refractivity contribution in [3.05, 3.63) is 56.8 Å². The van der Waals surface area contributed by atoms with Gasteiger partial charge in [0.2, 0.25) is 0 Å². The van der Waals surface area contributed by atoms with Crippen LogP contribution in [-0.2, 0) is 13.2 Å². The Kier molecular flexibility index (Phi) is 5.38. The van der Waals surface area contributed by atoms with Crippen LogP contribution in [0.1, 0.15) is 4.88 Å². The number of thiophene rings is 1. The molecule has 0 amide bonds. The molecule has 0 aliphatic carbocycles. The molecule has 1 fully saturated rings. The number of piperazine rings is 1. The lowest BCUT2D eigenvalue weighted by molar-refractivity contribution is 0.0991. The molecule has 1 aliphatic rings. The summed E-state index contributed by atoms with van der Waals surface area (Å²) in [4.78, 5) is 7.76. The Morgan fingerprint density at radius 1 is 0.960 bits per heavy atom. The second-order valence-electron chi connectivity index (χ2n) is 6.17. The van der Waals surface area contributed by atoms with Crippen molar-refractivity contribution >= 4 is 34.9 Å². The molecule has 0 bridgehead atoms. The SMILES string of the molecule is S=c1scnn1CN1CCN(Cc2ccc(-c3ccccc3)s2)CC1. The van der Waals surface area contributed by atoms with Gasteiger partial charge in [0, 0.05) is 42.5 Å². The Labute approximate surface area is 161 Å². The molecule has 0 atom stereocenters. The van der Waals surface area contributed by atoms with Gasteiger partial charge >= 0.3 is 0 Å². The Morgan fingerprint density at radius 2 is 1.72 bits per heavy atom. The summed E-state index contributed by atoms with van der Waals surface area (Å²) in [5, 5.41) is 4.31. The van der Waals surface area contributed by atoms with Gasteiger partial charge in [-0.2, -0.15) is 5.10 Å². The van der Waals surface area contributed by atoms with Crippen molar-refractivity contribution in [2.75, 3.05) is 26.2 Å². The number of hydrogen-bond acceptors (Lipinski definition) is 6. The zero-order valence-corrected chi connectivity index (χ0v) is 16.3. The first-order chi connectivity index (χ1) is 12.3. The average Bonchev–Trinajstić information content (AvgIpc) is 3.27. The molecule has 3 heterocycles. The molecular weight excluding hydrogens is 368 g/mol. The van der Waals surface area contributed by atoms with Crippen molar-refractivity contribution in [3.63, 3.8) is 0 Å².